The lowest BCUT2D eigenvalue weighted by Crippen LogP contribution is -3.00. The molecule has 1 fully saturated rings. The number of carbonyl (C=O) groups is 2. The molecule has 3 heterocycles. The summed E-state index contributed by atoms with van der Waals surface area (Å²) >= 11 is 0. The summed E-state index contributed by atoms with van der Waals surface area (Å²) in [5.74, 6) is 1.68. The van der Waals surface area contributed by atoms with E-state index in [0.717, 1.165) is 29.8 Å². The van der Waals surface area contributed by atoms with Crippen LogP contribution in [0.2, 0.25) is 0 Å². The van der Waals surface area contributed by atoms with Crippen LogP contribution in [-0.2, 0) is 29.8 Å². The molecule has 2 aliphatic rings. The number of amides is 1. The number of aromatic nitrogens is 2. The Balaban J connectivity index is 0.00000357. The Bertz CT molecular complexity index is 1870. The van der Waals surface area contributed by atoms with Crippen molar-refractivity contribution in [2.75, 3.05) is 18.6 Å². The number of para-hydroxylation sites is 3. The lowest BCUT2D eigenvalue weighted by molar-refractivity contribution is -0.664. The highest BCUT2D eigenvalue weighted by Gasteiger charge is 2.55. The minimum absolute atomic E-state index is 0. The number of rotatable bonds is 8. The smallest absolute Gasteiger partial charge is 0.266 e. The van der Waals surface area contributed by atoms with Crippen LogP contribution in [0.3, 0.4) is 0 Å². The Kier molecular flexibility index (Phi) is 8.27. The topological polar surface area (TPSA) is 58.7 Å². The van der Waals surface area contributed by atoms with Crippen molar-refractivity contribution >= 4 is 28.4 Å². The monoisotopic (exact) mass is 664 g/mol. The minimum atomic E-state index is -0.153. The molecule has 7 rings (SSSR count). The molecule has 0 aliphatic carbocycles. The fraction of sp³-hybridized carbons (Fsp3) is 0.270. The number of benzene rings is 4. The highest BCUT2D eigenvalue weighted by molar-refractivity contribution is 5.95. The maximum absolute atomic E-state index is 14.3. The third kappa shape index (κ3) is 5.21. The molecule has 1 amide bonds. The minimum Gasteiger partial charge on any atom is -1.00 e. The van der Waals surface area contributed by atoms with E-state index < -0.39 is 0 Å². The number of halogens is 1. The molecule has 5 aromatic rings. The fourth-order valence-electron chi connectivity index (χ4n) is 7.34. The first-order chi connectivity index (χ1) is 21.4. The number of likely N-dealkylation sites (tertiary alicyclic amines) is 1. The van der Waals surface area contributed by atoms with E-state index in [9.17, 15) is 9.59 Å². The number of hydrogen-bond donors (Lipinski definition) is 0. The van der Waals surface area contributed by atoms with Crippen LogP contribution in [0.5, 0.6) is 5.75 Å². The van der Waals surface area contributed by atoms with Crippen LogP contribution in [0.25, 0.3) is 11.0 Å². The normalized spacial score (nSPS) is 18.4. The van der Waals surface area contributed by atoms with Crippen LogP contribution >= 0.6 is 0 Å². The van der Waals surface area contributed by atoms with E-state index in [0.29, 0.717) is 17.9 Å². The van der Waals surface area contributed by atoms with Crippen molar-refractivity contribution in [2.45, 2.75) is 51.5 Å². The first-order valence-corrected chi connectivity index (χ1v) is 15.2. The van der Waals surface area contributed by atoms with Gasteiger partial charge in [-0.25, -0.2) is 9.13 Å². The largest absolute Gasteiger partial charge is 1.00 e. The molecule has 1 aromatic heterocycles. The van der Waals surface area contributed by atoms with E-state index in [1.54, 1.807) is 31.4 Å². The number of nitrogens with zero attached hydrogens (tertiary/aromatic N) is 4. The SMILES string of the molecule is COc1ccc(C(=O)C[n+]2c(C)n(CC(=O)N3CCC4(C)c5ccccc5N(Cc5ccccc5)C34)c3ccccc32)cc1.[Br-]. The van der Waals surface area contributed by atoms with Crippen molar-refractivity contribution in [3.8, 4) is 5.75 Å². The quantitative estimate of drug-likeness (QED) is 0.189. The van der Waals surface area contributed by atoms with E-state index in [2.05, 4.69) is 69.8 Å². The lowest BCUT2D eigenvalue weighted by atomic mass is 9.81. The molecule has 45 heavy (non-hydrogen) atoms. The second-order valence-corrected chi connectivity index (χ2v) is 12.1. The summed E-state index contributed by atoms with van der Waals surface area (Å²) in [5, 5.41) is 0. The first-order valence-electron chi connectivity index (χ1n) is 15.2. The molecule has 0 radical (unpaired) electrons. The van der Waals surface area contributed by atoms with E-state index in [-0.39, 0.29) is 53.3 Å². The molecular weight excluding hydrogens is 628 g/mol. The summed E-state index contributed by atoms with van der Waals surface area (Å²) in [6.07, 6.45) is 0.839. The van der Waals surface area contributed by atoms with Crippen molar-refractivity contribution < 1.29 is 35.9 Å². The van der Waals surface area contributed by atoms with Gasteiger partial charge in [-0.2, -0.15) is 0 Å². The van der Waals surface area contributed by atoms with Crippen LogP contribution < -0.4 is 31.2 Å². The van der Waals surface area contributed by atoms with E-state index in [1.165, 1.54) is 16.8 Å². The predicted molar refractivity (Wildman–Crippen MR) is 171 cm³/mol. The Morgan fingerprint density at radius 1 is 0.911 bits per heavy atom. The molecule has 7 nitrogen and oxygen atoms in total. The highest BCUT2D eigenvalue weighted by atomic mass is 79.9. The molecule has 0 N–H and O–H groups in total. The summed E-state index contributed by atoms with van der Waals surface area (Å²) in [4.78, 5) is 32.2. The van der Waals surface area contributed by atoms with Gasteiger partial charge in [0.25, 0.3) is 11.7 Å². The number of Topliss-reactive ketones (excluding diaryl/α,β-unsaturated/α-hetero) is 1. The number of hydrogen-bond acceptors (Lipinski definition) is 4. The summed E-state index contributed by atoms with van der Waals surface area (Å²) in [7, 11) is 1.61. The Morgan fingerprint density at radius 3 is 2.36 bits per heavy atom. The van der Waals surface area contributed by atoms with E-state index >= 15 is 0 Å². The number of ether oxygens (including phenoxy) is 1. The number of ketones is 1. The zero-order chi connectivity index (χ0) is 30.4. The second-order valence-electron chi connectivity index (χ2n) is 12.1. The zero-order valence-electron chi connectivity index (χ0n) is 25.8. The molecule has 4 aromatic carbocycles. The fourth-order valence-corrected chi connectivity index (χ4v) is 7.34. The summed E-state index contributed by atoms with van der Waals surface area (Å²) in [6.45, 7) is 6.14. The molecule has 8 heteroatoms. The standard InChI is InChI=1S/C37H37N4O3.BrH/c1-26-39(24-34(42)28-17-19-29(44-3)20-18-28)32-15-9-10-16-33(32)40(26)25-35(43)38-22-21-37(2)30-13-7-8-14-31(30)41(36(37)38)23-27-11-5-4-6-12-27;/h4-20,36H,21-25H2,1-3H3;1H/q+1;/p-1. The number of methoxy groups -OCH3 is 1. The van der Waals surface area contributed by atoms with Gasteiger partial charge in [-0.1, -0.05) is 67.6 Å². The highest BCUT2D eigenvalue weighted by Crippen LogP contribution is 2.52. The second kappa shape index (κ2) is 12.2. The van der Waals surface area contributed by atoms with Crippen molar-refractivity contribution in [2.24, 2.45) is 0 Å². The van der Waals surface area contributed by atoms with Crippen LogP contribution in [0.1, 0.15) is 40.7 Å². The van der Waals surface area contributed by atoms with E-state index in [1.807, 2.05) is 41.8 Å². The van der Waals surface area contributed by atoms with Gasteiger partial charge in [0.1, 0.15) is 11.9 Å². The van der Waals surface area contributed by atoms with Gasteiger partial charge in [0.05, 0.1) is 7.11 Å². The average molecular weight is 666 g/mol. The third-order valence-electron chi connectivity index (χ3n) is 9.63. The molecule has 230 valence electrons. The van der Waals surface area contributed by atoms with Gasteiger partial charge in [-0.05, 0) is 60.0 Å². The molecule has 0 saturated carbocycles. The molecule has 0 bridgehead atoms. The van der Waals surface area contributed by atoms with Crippen molar-refractivity contribution in [3.05, 3.63) is 126 Å². The lowest BCUT2D eigenvalue weighted by Gasteiger charge is -2.37. The molecule has 2 unspecified atom stereocenters. The number of carbonyl (C=O) groups excluding carboxylic acids is 2. The van der Waals surface area contributed by atoms with Crippen LogP contribution in [0, 0.1) is 6.92 Å². The maximum Gasteiger partial charge on any atom is 0.266 e. The molecule has 0 spiro atoms. The van der Waals surface area contributed by atoms with Gasteiger partial charge >= 0.3 is 0 Å². The Labute approximate surface area is 274 Å². The first kappa shape index (κ1) is 30.6. The van der Waals surface area contributed by atoms with Crippen molar-refractivity contribution in [3.63, 3.8) is 0 Å². The number of fused-ring (bicyclic) bond motifs is 4. The van der Waals surface area contributed by atoms with Gasteiger partial charge in [-0.3, -0.25) is 9.59 Å². The predicted octanol–water partition coefficient (Wildman–Crippen LogP) is 2.67. The summed E-state index contributed by atoms with van der Waals surface area (Å²) < 4.78 is 9.35. The maximum atomic E-state index is 14.3. The molecular formula is C37H37BrN4O3. The molecule has 2 aliphatic heterocycles. The van der Waals surface area contributed by atoms with E-state index in [4.69, 9.17) is 4.74 Å². The van der Waals surface area contributed by atoms with Crippen LogP contribution in [0.4, 0.5) is 5.69 Å². The van der Waals surface area contributed by atoms with Gasteiger partial charge in [0.15, 0.2) is 24.1 Å². The van der Waals surface area contributed by atoms with Crippen molar-refractivity contribution in [1.82, 2.24) is 9.47 Å². The van der Waals surface area contributed by atoms with Crippen molar-refractivity contribution in [1.29, 1.82) is 0 Å². The average Bonchev–Trinajstić information content (AvgIpc) is 3.63. The van der Waals surface area contributed by atoms with Gasteiger partial charge in [0, 0.05) is 36.7 Å². The molecule has 2 atom stereocenters. The van der Waals surface area contributed by atoms with Crippen LogP contribution in [0.15, 0.2) is 103 Å². The number of anilines is 1. The zero-order valence-corrected chi connectivity index (χ0v) is 27.4. The summed E-state index contributed by atoms with van der Waals surface area (Å²) in [6, 6.07) is 34.3. The van der Waals surface area contributed by atoms with Gasteiger partial charge in [-0.15, -0.1) is 0 Å². The number of imidazole rings is 1. The van der Waals surface area contributed by atoms with Gasteiger partial charge < -0.3 is 31.5 Å². The Hall–Kier alpha value is -4.43. The Morgan fingerprint density at radius 2 is 1.60 bits per heavy atom. The third-order valence-corrected chi connectivity index (χ3v) is 9.63. The summed E-state index contributed by atoms with van der Waals surface area (Å²) in [5.41, 5.74) is 6.09. The van der Waals surface area contributed by atoms with Gasteiger partial charge in [0.2, 0.25) is 5.78 Å². The van der Waals surface area contributed by atoms with Crippen LogP contribution in [-0.4, -0.2) is 41.0 Å². The molecule has 1 saturated heterocycles.